The van der Waals surface area contributed by atoms with Crippen molar-refractivity contribution in [2.75, 3.05) is 16.0 Å². The summed E-state index contributed by atoms with van der Waals surface area (Å²) in [6.07, 6.45) is 5.81. The maximum atomic E-state index is 14.5. The van der Waals surface area contributed by atoms with E-state index in [0.29, 0.717) is 17.1 Å². The number of carbonyl (C=O) groups excluding carboxylic acids is 3. The molecule has 1 aliphatic rings. The van der Waals surface area contributed by atoms with E-state index in [2.05, 4.69) is 16.0 Å². The van der Waals surface area contributed by atoms with Crippen molar-refractivity contribution in [3.8, 4) is 33.8 Å². The molecule has 3 heterocycles. The van der Waals surface area contributed by atoms with E-state index in [1.165, 1.54) is 0 Å². The third-order valence-corrected chi connectivity index (χ3v) is 12.1. The topological polar surface area (TPSA) is 126 Å². The summed E-state index contributed by atoms with van der Waals surface area (Å²) >= 11 is 0. The number of aromatic nitrogens is 3. The number of nitrogens with zero attached hydrogens (tertiary/aromatic N) is 3. The highest BCUT2D eigenvalue weighted by Crippen LogP contribution is 2.39. The monoisotopic (exact) mass is 822 g/mol. The number of nitrogens with one attached hydrogen (secondary N) is 3. The fourth-order valence-electron chi connectivity index (χ4n) is 9.02. The molecule has 63 heavy (non-hydrogen) atoms. The molecule has 9 aromatic rings. The molecule has 0 unspecified atom stereocenters. The molecular formula is C54H42N6O3. The van der Waals surface area contributed by atoms with E-state index < -0.39 is 17.8 Å². The van der Waals surface area contributed by atoms with Crippen LogP contribution in [0.3, 0.4) is 0 Å². The largest absolute Gasteiger partial charge is 0.324 e. The van der Waals surface area contributed by atoms with Gasteiger partial charge in [0, 0.05) is 66.8 Å². The molecule has 306 valence electrons. The number of amides is 3. The summed E-state index contributed by atoms with van der Waals surface area (Å²) < 4.78 is 0. The lowest BCUT2D eigenvalue weighted by Crippen LogP contribution is -2.40. The highest BCUT2D eigenvalue weighted by Gasteiger charge is 2.40. The molecular weight excluding hydrogens is 781 g/mol. The Morgan fingerprint density at radius 2 is 0.571 bits per heavy atom. The third kappa shape index (κ3) is 7.88. The second kappa shape index (κ2) is 17.1. The molecule has 10 rings (SSSR count). The fourth-order valence-corrected chi connectivity index (χ4v) is 9.02. The second-order valence-electron chi connectivity index (χ2n) is 16.1. The Hall–Kier alpha value is -8.04. The van der Waals surface area contributed by atoms with Gasteiger partial charge in [0.15, 0.2) is 0 Å². The van der Waals surface area contributed by atoms with E-state index in [9.17, 15) is 14.4 Å². The summed E-state index contributed by atoms with van der Waals surface area (Å²) in [5, 5.41) is 14.7. The van der Waals surface area contributed by atoms with Gasteiger partial charge in [-0.05, 0) is 19.3 Å². The van der Waals surface area contributed by atoms with Crippen molar-refractivity contribution < 1.29 is 14.4 Å². The first-order valence-corrected chi connectivity index (χ1v) is 21.2. The highest BCUT2D eigenvalue weighted by atomic mass is 16.2. The standard InChI is InChI=1S/C54H42N6O3/c61-52(58-46-31-55-49(34-16-4-1-5-17-34)43-25-13-10-22-40(43)46)37-28-38(53(62)59-47-32-56-50(35-18-6-2-7-19-35)44-26-14-11-23-41(44)47)30-39(29-37)54(63)60-48-33-57-51(36-20-8-3-9-21-36)45-27-15-12-24-42(45)48/h1-27,31-33,37-39H,28-30H2,(H,58,61)(H,59,62)(H,60,63). The van der Waals surface area contributed by atoms with Gasteiger partial charge in [0.1, 0.15) is 0 Å². The molecule has 0 saturated heterocycles. The first kappa shape index (κ1) is 39.1. The maximum Gasteiger partial charge on any atom is 0.227 e. The molecule has 0 aliphatic heterocycles. The van der Waals surface area contributed by atoms with Gasteiger partial charge in [0.2, 0.25) is 17.7 Å². The van der Waals surface area contributed by atoms with Crippen molar-refractivity contribution in [1.29, 1.82) is 0 Å². The molecule has 0 atom stereocenters. The number of hydrogen-bond donors (Lipinski definition) is 3. The number of fused-ring (bicyclic) bond motifs is 3. The second-order valence-corrected chi connectivity index (χ2v) is 16.1. The molecule has 3 aromatic heterocycles. The van der Waals surface area contributed by atoms with Crippen molar-refractivity contribution in [1.82, 2.24) is 15.0 Å². The molecule has 1 fully saturated rings. The molecule has 0 bridgehead atoms. The number of anilines is 3. The van der Waals surface area contributed by atoms with Gasteiger partial charge >= 0.3 is 0 Å². The Balaban J connectivity index is 0.961. The van der Waals surface area contributed by atoms with Crippen LogP contribution in [0, 0.1) is 17.8 Å². The smallest absolute Gasteiger partial charge is 0.227 e. The quantitative estimate of drug-likeness (QED) is 0.133. The van der Waals surface area contributed by atoms with Gasteiger partial charge in [-0.25, -0.2) is 0 Å². The van der Waals surface area contributed by atoms with Crippen LogP contribution in [0.25, 0.3) is 66.1 Å². The third-order valence-electron chi connectivity index (χ3n) is 12.1. The normalized spacial score (nSPS) is 16.1. The summed E-state index contributed by atoms with van der Waals surface area (Å²) in [7, 11) is 0. The average Bonchev–Trinajstić information content (AvgIpc) is 3.35. The van der Waals surface area contributed by atoms with Crippen LogP contribution in [0.15, 0.2) is 182 Å². The predicted molar refractivity (Wildman–Crippen MR) is 252 cm³/mol. The Bertz CT molecular complexity index is 2810. The Morgan fingerprint density at radius 3 is 0.841 bits per heavy atom. The van der Waals surface area contributed by atoms with E-state index in [1.54, 1.807) is 18.6 Å². The Kier molecular flexibility index (Phi) is 10.6. The van der Waals surface area contributed by atoms with E-state index >= 15 is 0 Å². The summed E-state index contributed by atoms with van der Waals surface area (Å²) in [6.45, 7) is 0. The highest BCUT2D eigenvalue weighted by molar-refractivity contribution is 6.10. The lowest BCUT2D eigenvalue weighted by atomic mass is 9.74. The fraction of sp³-hybridized carbons (Fsp3) is 0.111. The lowest BCUT2D eigenvalue weighted by molar-refractivity contribution is -0.129. The predicted octanol–water partition coefficient (Wildman–Crippen LogP) is 11.6. The van der Waals surface area contributed by atoms with Gasteiger partial charge in [-0.2, -0.15) is 0 Å². The number of carbonyl (C=O) groups is 3. The van der Waals surface area contributed by atoms with Crippen LogP contribution in [0.4, 0.5) is 17.1 Å². The summed E-state index contributed by atoms with van der Waals surface area (Å²) in [4.78, 5) is 57.9. The van der Waals surface area contributed by atoms with Crippen molar-refractivity contribution in [3.63, 3.8) is 0 Å². The van der Waals surface area contributed by atoms with E-state index in [4.69, 9.17) is 15.0 Å². The van der Waals surface area contributed by atoms with Crippen LogP contribution < -0.4 is 16.0 Å². The molecule has 0 spiro atoms. The average molecular weight is 823 g/mol. The maximum absolute atomic E-state index is 14.5. The van der Waals surface area contributed by atoms with Crippen molar-refractivity contribution in [2.45, 2.75) is 19.3 Å². The van der Waals surface area contributed by atoms with E-state index in [-0.39, 0.29) is 37.0 Å². The van der Waals surface area contributed by atoms with Crippen LogP contribution >= 0.6 is 0 Å². The van der Waals surface area contributed by atoms with E-state index in [0.717, 1.165) is 66.1 Å². The van der Waals surface area contributed by atoms with Gasteiger partial charge in [-0.1, -0.05) is 164 Å². The first-order valence-electron chi connectivity index (χ1n) is 21.2. The van der Waals surface area contributed by atoms with Gasteiger partial charge in [0.05, 0.1) is 52.7 Å². The summed E-state index contributed by atoms with van der Waals surface area (Å²) in [6, 6.07) is 53.4. The summed E-state index contributed by atoms with van der Waals surface area (Å²) in [5.41, 5.74) is 7.04. The minimum Gasteiger partial charge on any atom is -0.324 e. The van der Waals surface area contributed by atoms with E-state index in [1.807, 2.05) is 164 Å². The number of benzene rings is 6. The van der Waals surface area contributed by atoms with Crippen LogP contribution in [0.1, 0.15) is 19.3 Å². The van der Waals surface area contributed by atoms with Crippen molar-refractivity contribution in [2.24, 2.45) is 17.8 Å². The molecule has 0 radical (unpaired) electrons. The van der Waals surface area contributed by atoms with Crippen LogP contribution in [0.2, 0.25) is 0 Å². The zero-order valence-electron chi connectivity index (χ0n) is 34.2. The number of pyridine rings is 3. The van der Waals surface area contributed by atoms with Gasteiger partial charge < -0.3 is 16.0 Å². The SMILES string of the molecule is O=C(Nc1cnc(-c2ccccc2)c2ccccc12)C1CC(C(=O)Nc2cnc(-c3ccccc3)c3ccccc23)CC(C(=O)Nc2cnc(-c3ccccc3)c3ccccc23)C1. The first-order chi connectivity index (χ1) is 31.0. The lowest BCUT2D eigenvalue weighted by Gasteiger charge is -2.33. The zero-order valence-corrected chi connectivity index (χ0v) is 34.2. The van der Waals surface area contributed by atoms with Crippen LogP contribution in [-0.2, 0) is 14.4 Å². The molecule has 6 aromatic carbocycles. The minimum atomic E-state index is -0.663. The number of hydrogen-bond acceptors (Lipinski definition) is 6. The molecule has 1 saturated carbocycles. The Labute approximate surface area is 364 Å². The molecule has 3 N–H and O–H groups in total. The van der Waals surface area contributed by atoms with Gasteiger partial charge in [-0.15, -0.1) is 0 Å². The van der Waals surface area contributed by atoms with Gasteiger partial charge in [0.25, 0.3) is 0 Å². The number of rotatable bonds is 9. The van der Waals surface area contributed by atoms with Crippen LogP contribution in [0.5, 0.6) is 0 Å². The molecule has 9 nitrogen and oxygen atoms in total. The van der Waals surface area contributed by atoms with Crippen molar-refractivity contribution >= 4 is 67.1 Å². The molecule has 1 aliphatic carbocycles. The summed E-state index contributed by atoms with van der Waals surface area (Å²) in [5.74, 6) is -2.81. The molecule has 9 heteroatoms. The van der Waals surface area contributed by atoms with Gasteiger partial charge in [-0.3, -0.25) is 29.3 Å². The zero-order chi connectivity index (χ0) is 42.7. The van der Waals surface area contributed by atoms with Crippen LogP contribution in [-0.4, -0.2) is 32.7 Å². The minimum absolute atomic E-state index is 0.249. The molecule has 3 amide bonds. The van der Waals surface area contributed by atoms with Crippen molar-refractivity contribution in [3.05, 3.63) is 182 Å². The Morgan fingerprint density at radius 1 is 0.333 bits per heavy atom.